The summed E-state index contributed by atoms with van der Waals surface area (Å²) in [4.78, 5) is 10.9. The van der Waals surface area contributed by atoms with Crippen LogP contribution in [0.4, 0.5) is 0 Å². The first kappa shape index (κ1) is 15.9. The quantitative estimate of drug-likeness (QED) is 0.645. The second-order valence-electron chi connectivity index (χ2n) is 2.71. The average Bonchev–Trinajstić information content (AvgIpc) is 2.21. The topological polar surface area (TPSA) is 38.3 Å². The predicted octanol–water partition coefficient (Wildman–Crippen LogP) is 2.36. The Labute approximate surface area is 88.2 Å². The molecule has 0 atom stereocenters. The van der Waals surface area contributed by atoms with E-state index in [2.05, 4.69) is 12.2 Å². The zero-order valence-electron chi connectivity index (χ0n) is 10.1. The summed E-state index contributed by atoms with van der Waals surface area (Å²) in [5, 5.41) is 2.78. The molecular weight excluding hydrogens is 178 g/mol. The third-order valence-corrected chi connectivity index (χ3v) is 1.39. The van der Waals surface area contributed by atoms with Crippen LogP contribution >= 0.6 is 0 Å². The molecule has 0 rings (SSSR count). The Balaban J connectivity index is 0. The van der Waals surface area contributed by atoms with Gasteiger partial charge in [0.2, 0.25) is 5.91 Å². The van der Waals surface area contributed by atoms with Gasteiger partial charge in [-0.3, -0.25) is 4.79 Å². The van der Waals surface area contributed by atoms with E-state index in [-0.39, 0.29) is 5.91 Å². The molecule has 3 nitrogen and oxygen atoms in total. The van der Waals surface area contributed by atoms with Crippen molar-refractivity contribution in [2.45, 2.75) is 47.0 Å². The van der Waals surface area contributed by atoms with E-state index < -0.39 is 0 Å². The minimum Gasteiger partial charge on any atom is -0.380 e. The highest BCUT2D eigenvalue weighted by atomic mass is 16.5. The van der Waals surface area contributed by atoms with Crippen molar-refractivity contribution in [3.63, 3.8) is 0 Å². The summed E-state index contributed by atoms with van der Waals surface area (Å²) < 4.78 is 5.20. The van der Waals surface area contributed by atoms with Crippen molar-refractivity contribution in [2.24, 2.45) is 0 Å². The number of carbonyl (C=O) groups is 1. The lowest BCUT2D eigenvalue weighted by Crippen LogP contribution is -2.26. The van der Waals surface area contributed by atoms with Crippen molar-refractivity contribution in [1.82, 2.24) is 5.32 Å². The lowest BCUT2D eigenvalue weighted by atomic mass is 10.3. The Bertz CT molecular complexity index is 116. The van der Waals surface area contributed by atoms with E-state index in [9.17, 15) is 4.79 Å². The molecule has 1 amide bonds. The van der Waals surface area contributed by atoms with Crippen LogP contribution < -0.4 is 5.32 Å². The van der Waals surface area contributed by atoms with Gasteiger partial charge in [0.1, 0.15) is 0 Å². The Kier molecular flexibility index (Phi) is 16.9. The lowest BCUT2D eigenvalue weighted by Gasteiger charge is -2.04. The van der Waals surface area contributed by atoms with Crippen LogP contribution in [0.5, 0.6) is 0 Å². The molecule has 0 saturated carbocycles. The van der Waals surface area contributed by atoms with E-state index in [1.165, 1.54) is 0 Å². The molecule has 0 bridgehead atoms. The normalized spacial score (nSPS) is 8.86. The zero-order valence-corrected chi connectivity index (χ0v) is 10.1. The highest BCUT2D eigenvalue weighted by Gasteiger charge is 1.96. The fraction of sp³-hybridized carbons (Fsp3) is 0.909. The van der Waals surface area contributed by atoms with Crippen molar-refractivity contribution in [3.05, 3.63) is 0 Å². The van der Waals surface area contributed by atoms with Gasteiger partial charge in [0.15, 0.2) is 0 Å². The van der Waals surface area contributed by atoms with Crippen LogP contribution in [0.1, 0.15) is 47.0 Å². The molecule has 0 aromatic carbocycles. The maximum absolute atomic E-state index is 10.9. The number of carbonyl (C=O) groups excluding carboxylic acids is 1. The van der Waals surface area contributed by atoms with E-state index in [4.69, 9.17) is 4.74 Å². The van der Waals surface area contributed by atoms with Crippen LogP contribution in [-0.4, -0.2) is 25.7 Å². The predicted molar refractivity (Wildman–Crippen MR) is 60.4 cm³/mol. The maximum Gasteiger partial charge on any atom is 0.220 e. The van der Waals surface area contributed by atoms with Crippen molar-refractivity contribution >= 4 is 5.91 Å². The molecule has 14 heavy (non-hydrogen) atoms. The van der Waals surface area contributed by atoms with Gasteiger partial charge < -0.3 is 10.1 Å². The minimum absolute atomic E-state index is 0.123. The van der Waals surface area contributed by atoms with E-state index in [1.54, 1.807) is 0 Å². The van der Waals surface area contributed by atoms with Crippen LogP contribution in [0.15, 0.2) is 0 Å². The summed E-state index contributed by atoms with van der Waals surface area (Å²) in [5.41, 5.74) is 0. The highest BCUT2D eigenvalue weighted by Crippen LogP contribution is 1.85. The summed E-state index contributed by atoms with van der Waals surface area (Å²) in [6.07, 6.45) is 2.55. The smallest absolute Gasteiger partial charge is 0.220 e. The molecule has 0 heterocycles. The van der Waals surface area contributed by atoms with Crippen molar-refractivity contribution in [3.8, 4) is 0 Å². The van der Waals surface area contributed by atoms with Crippen LogP contribution in [-0.2, 0) is 9.53 Å². The molecule has 0 unspecified atom stereocenters. The summed E-state index contributed by atoms with van der Waals surface area (Å²) in [7, 11) is 0. The third-order valence-electron chi connectivity index (χ3n) is 1.39. The van der Waals surface area contributed by atoms with E-state index in [1.807, 2.05) is 20.8 Å². The molecule has 0 aromatic heterocycles. The number of rotatable bonds is 7. The molecule has 3 heteroatoms. The molecule has 0 spiro atoms. The number of hydrogen-bond donors (Lipinski definition) is 1. The molecule has 1 N–H and O–H groups in total. The van der Waals surface area contributed by atoms with Gasteiger partial charge in [-0.25, -0.2) is 0 Å². The molecule has 0 radical (unpaired) electrons. The van der Waals surface area contributed by atoms with Gasteiger partial charge in [-0.1, -0.05) is 27.7 Å². The Hall–Kier alpha value is -0.570. The van der Waals surface area contributed by atoms with Gasteiger partial charge in [0, 0.05) is 19.6 Å². The summed E-state index contributed by atoms with van der Waals surface area (Å²) in [6, 6.07) is 0. The minimum atomic E-state index is 0.123. The first-order valence-corrected chi connectivity index (χ1v) is 5.65. The van der Waals surface area contributed by atoms with Crippen molar-refractivity contribution in [1.29, 1.82) is 0 Å². The molecular formula is C11H25NO2. The molecule has 0 aliphatic rings. The Morgan fingerprint density at radius 1 is 1.14 bits per heavy atom. The van der Waals surface area contributed by atoms with Gasteiger partial charge in [-0.15, -0.1) is 0 Å². The largest absolute Gasteiger partial charge is 0.380 e. The molecule has 0 aliphatic carbocycles. The summed E-state index contributed by atoms with van der Waals surface area (Å²) >= 11 is 0. The number of ether oxygens (including phenoxy) is 1. The lowest BCUT2D eigenvalue weighted by molar-refractivity contribution is -0.121. The molecule has 0 fully saturated rings. The van der Waals surface area contributed by atoms with E-state index in [0.717, 1.165) is 19.4 Å². The summed E-state index contributed by atoms with van der Waals surface area (Å²) in [6.45, 7) is 10.1. The van der Waals surface area contributed by atoms with Crippen LogP contribution in [0.3, 0.4) is 0 Å². The van der Waals surface area contributed by atoms with Crippen molar-refractivity contribution < 1.29 is 9.53 Å². The average molecular weight is 203 g/mol. The Morgan fingerprint density at radius 3 is 2.29 bits per heavy atom. The SMILES string of the molecule is CC.CCCOCCNC(=O)CCC. The molecule has 0 aromatic rings. The monoisotopic (exact) mass is 203 g/mol. The van der Waals surface area contributed by atoms with Gasteiger partial charge in [-0.05, 0) is 12.8 Å². The molecule has 0 aliphatic heterocycles. The van der Waals surface area contributed by atoms with Gasteiger partial charge in [0.05, 0.1) is 6.61 Å². The number of amides is 1. The van der Waals surface area contributed by atoms with Crippen LogP contribution in [0.25, 0.3) is 0 Å². The number of hydrogen-bond acceptors (Lipinski definition) is 2. The second-order valence-corrected chi connectivity index (χ2v) is 2.71. The van der Waals surface area contributed by atoms with Gasteiger partial charge >= 0.3 is 0 Å². The fourth-order valence-electron chi connectivity index (χ4n) is 0.824. The van der Waals surface area contributed by atoms with Crippen molar-refractivity contribution in [2.75, 3.05) is 19.8 Å². The van der Waals surface area contributed by atoms with E-state index in [0.29, 0.717) is 19.6 Å². The standard InChI is InChI=1S/C9H19NO2.C2H6/c1-3-5-9(11)10-6-8-12-7-4-2;1-2/h3-8H2,1-2H3,(H,10,11);1-2H3. The summed E-state index contributed by atoms with van der Waals surface area (Å²) in [5.74, 6) is 0.123. The maximum atomic E-state index is 10.9. The second kappa shape index (κ2) is 14.9. The first-order valence-electron chi connectivity index (χ1n) is 5.65. The fourth-order valence-corrected chi connectivity index (χ4v) is 0.824. The molecule has 0 saturated heterocycles. The highest BCUT2D eigenvalue weighted by molar-refractivity contribution is 5.75. The third kappa shape index (κ3) is 14.0. The van der Waals surface area contributed by atoms with Crippen LogP contribution in [0.2, 0.25) is 0 Å². The van der Waals surface area contributed by atoms with Gasteiger partial charge in [0.25, 0.3) is 0 Å². The molecule has 86 valence electrons. The number of nitrogens with one attached hydrogen (secondary N) is 1. The first-order chi connectivity index (χ1) is 6.81. The van der Waals surface area contributed by atoms with E-state index >= 15 is 0 Å². The Morgan fingerprint density at radius 2 is 1.79 bits per heavy atom. The van der Waals surface area contributed by atoms with Crippen LogP contribution in [0, 0.1) is 0 Å². The van der Waals surface area contributed by atoms with Gasteiger partial charge in [-0.2, -0.15) is 0 Å². The zero-order chi connectivity index (χ0) is 11.2.